The summed E-state index contributed by atoms with van der Waals surface area (Å²) in [7, 11) is -4.58. The summed E-state index contributed by atoms with van der Waals surface area (Å²) in [6.07, 6.45) is -4.22. The molecule has 0 saturated carbocycles. The fourth-order valence-corrected chi connectivity index (χ4v) is 6.15. The van der Waals surface area contributed by atoms with E-state index in [4.69, 9.17) is 11.6 Å². The Morgan fingerprint density at radius 3 is 2.12 bits per heavy atom. The molecule has 12 heteroatoms. The highest BCUT2D eigenvalue weighted by Crippen LogP contribution is 2.37. The lowest BCUT2D eigenvalue weighted by atomic mass is 10.1. The van der Waals surface area contributed by atoms with Gasteiger partial charge in [-0.05, 0) is 54.7 Å². The van der Waals surface area contributed by atoms with Gasteiger partial charge in [-0.3, -0.25) is 13.9 Å². The first kappa shape index (κ1) is 33.9. The molecule has 0 bridgehead atoms. The van der Waals surface area contributed by atoms with Crippen LogP contribution in [0, 0.1) is 5.92 Å². The number of alkyl halides is 3. The van der Waals surface area contributed by atoms with Crippen molar-refractivity contribution in [1.82, 2.24) is 10.2 Å². The molecule has 0 aliphatic rings. The van der Waals surface area contributed by atoms with Crippen LogP contribution < -0.4 is 9.62 Å². The molecule has 2 amide bonds. The van der Waals surface area contributed by atoms with Crippen molar-refractivity contribution in [1.29, 1.82) is 0 Å². The normalized spacial score (nSPS) is 12.6. The van der Waals surface area contributed by atoms with Gasteiger partial charge >= 0.3 is 6.18 Å². The fourth-order valence-electron chi connectivity index (χ4n) is 4.43. The van der Waals surface area contributed by atoms with Crippen LogP contribution >= 0.6 is 11.6 Å². The van der Waals surface area contributed by atoms with Crippen molar-refractivity contribution in [2.24, 2.45) is 5.92 Å². The summed E-state index contributed by atoms with van der Waals surface area (Å²) in [5.74, 6) is -1.04. The minimum atomic E-state index is -4.80. The van der Waals surface area contributed by atoms with Crippen LogP contribution in [-0.4, -0.2) is 50.8 Å². The van der Waals surface area contributed by atoms with Gasteiger partial charge in [0.1, 0.15) is 12.6 Å². The molecule has 0 radical (unpaired) electrons. The quantitative estimate of drug-likeness (QED) is 0.243. The summed E-state index contributed by atoms with van der Waals surface area (Å²) < 4.78 is 69.3. The molecule has 7 nitrogen and oxygen atoms in total. The lowest BCUT2D eigenvalue weighted by molar-refractivity contribution is -0.139. The molecule has 1 atom stereocenters. The molecular weight excluding hydrogens is 603 g/mol. The van der Waals surface area contributed by atoms with Gasteiger partial charge in [-0.15, -0.1) is 0 Å². The highest BCUT2D eigenvalue weighted by atomic mass is 35.5. The van der Waals surface area contributed by atoms with Crippen LogP contribution in [0.25, 0.3) is 0 Å². The van der Waals surface area contributed by atoms with Gasteiger partial charge in [0.05, 0.1) is 21.2 Å². The summed E-state index contributed by atoms with van der Waals surface area (Å²) in [4.78, 5) is 28.3. The molecule has 43 heavy (non-hydrogen) atoms. The third-order valence-electron chi connectivity index (χ3n) is 6.71. The van der Waals surface area contributed by atoms with E-state index in [1.165, 1.54) is 29.2 Å². The van der Waals surface area contributed by atoms with Gasteiger partial charge in [-0.1, -0.05) is 80.9 Å². The second kappa shape index (κ2) is 14.7. The van der Waals surface area contributed by atoms with Crippen LogP contribution in [0.4, 0.5) is 18.9 Å². The van der Waals surface area contributed by atoms with E-state index in [1.54, 1.807) is 13.0 Å². The maximum absolute atomic E-state index is 14.0. The van der Waals surface area contributed by atoms with Gasteiger partial charge in [0.15, 0.2) is 0 Å². The van der Waals surface area contributed by atoms with E-state index in [9.17, 15) is 31.2 Å². The summed E-state index contributed by atoms with van der Waals surface area (Å²) in [5.41, 5.74) is -0.755. The van der Waals surface area contributed by atoms with E-state index in [1.807, 2.05) is 44.2 Å². The Bertz CT molecular complexity index is 1490. The van der Waals surface area contributed by atoms with Crippen molar-refractivity contribution in [2.75, 3.05) is 23.9 Å². The zero-order valence-corrected chi connectivity index (χ0v) is 25.7. The molecule has 0 aromatic heterocycles. The van der Waals surface area contributed by atoms with Gasteiger partial charge in [-0.25, -0.2) is 8.42 Å². The highest BCUT2D eigenvalue weighted by Gasteiger charge is 2.36. The van der Waals surface area contributed by atoms with Crippen molar-refractivity contribution in [3.05, 3.63) is 95.0 Å². The van der Waals surface area contributed by atoms with Gasteiger partial charge in [0.2, 0.25) is 11.8 Å². The molecule has 0 unspecified atom stereocenters. The van der Waals surface area contributed by atoms with Crippen LogP contribution in [0.1, 0.15) is 38.3 Å². The number of rotatable bonds is 13. The summed E-state index contributed by atoms with van der Waals surface area (Å²) in [6.45, 7) is 5.11. The van der Waals surface area contributed by atoms with Crippen molar-refractivity contribution in [3.8, 4) is 0 Å². The molecule has 232 valence electrons. The number of carbonyl (C=O) groups is 2. The number of benzene rings is 3. The number of hydrogen-bond acceptors (Lipinski definition) is 4. The first-order valence-electron chi connectivity index (χ1n) is 13.8. The second-order valence-corrected chi connectivity index (χ2v) is 12.6. The Hall–Kier alpha value is -3.57. The second-order valence-electron chi connectivity index (χ2n) is 10.4. The van der Waals surface area contributed by atoms with Crippen LogP contribution in [0.3, 0.4) is 0 Å². The fraction of sp³-hybridized carbons (Fsp3) is 0.355. The predicted octanol–water partition coefficient (Wildman–Crippen LogP) is 6.18. The number of sulfonamides is 1. The smallest absolute Gasteiger partial charge is 0.354 e. The van der Waals surface area contributed by atoms with Gasteiger partial charge in [0, 0.05) is 13.1 Å². The van der Waals surface area contributed by atoms with Crippen molar-refractivity contribution in [3.63, 3.8) is 0 Å². The maximum atomic E-state index is 14.0. The minimum Gasteiger partial charge on any atom is -0.354 e. The number of anilines is 1. The van der Waals surface area contributed by atoms with E-state index in [0.29, 0.717) is 23.3 Å². The molecule has 3 aromatic carbocycles. The topological polar surface area (TPSA) is 86.8 Å². The molecule has 0 saturated heterocycles. The first-order chi connectivity index (χ1) is 20.3. The Morgan fingerprint density at radius 2 is 1.56 bits per heavy atom. The average molecular weight is 638 g/mol. The molecule has 0 heterocycles. The summed E-state index contributed by atoms with van der Waals surface area (Å²) >= 11 is 6.29. The van der Waals surface area contributed by atoms with Crippen LogP contribution in [0.5, 0.6) is 0 Å². The molecule has 3 aromatic rings. The monoisotopic (exact) mass is 637 g/mol. The first-order valence-corrected chi connectivity index (χ1v) is 15.6. The van der Waals surface area contributed by atoms with Gasteiger partial charge < -0.3 is 10.2 Å². The zero-order valence-electron chi connectivity index (χ0n) is 24.1. The minimum absolute atomic E-state index is 0.0615. The largest absolute Gasteiger partial charge is 0.416 e. The molecule has 3 rings (SSSR count). The van der Waals surface area contributed by atoms with Gasteiger partial charge in [-0.2, -0.15) is 13.2 Å². The Morgan fingerprint density at radius 1 is 0.953 bits per heavy atom. The number of amides is 2. The number of nitrogens with zero attached hydrogens (tertiary/aromatic N) is 2. The Kier molecular flexibility index (Phi) is 11.6. The van der Waals surface area contributed by atoms with Crippen LogP contribution in [-0.2, 0) is 32.2 Å². The van der Waals surface area contributed by atoms with E-state index in [0.717, 1.165) is 17.7 Å². The molecule has 0 aliphatic heterocycles. The standard InChI is InChI=1S/C31H35ClF3N3O4S/c1-4-27(30(40)36-20-22(2)3)37(18-17-23-11-7-5-8-12-23)29(39)21-38(43(41,42)25-13-9-6-10-14-25)28-19-24(31(33,34)35)15-16-26(28)32/h5-16,19,22,27H,4,17-18,20-21H2,1-3H3,(H,36,40)/t27-/m0/s1. The van der Waals surface area contributed by atoms with E-state index in [2.05, 4.69) is 5.32 Å². The van der Waals surface area contributed by atoms with E-state index >= 15 is 0 Å². The molecule has 1 N–H and O–H groups in total. The Balaban J connectivity index is 2.09. The lowest BCUT2D eigenvalue weighted by Gasteiger charge is -2.33. The molecular formula is C31H35ClF3N3O4S. The number of carbonyl (C=O) groups excluding carboxylic acids is 2. The molecule has 0 fully saturated rings. The summed E-state index contributed by atoms with van der Waals surface area (Å²) in [6, 6.07) is 17.6. The van der Waals surface area contributed by atoms with E-state index < -0.39 is 51.9 Å². The predicted molar refractivity (Wildman–Crippen MR) is 161 cm³/mol. The highest BCUT2D eigenvalue weighted by molar-refractivity contribution is 7.92. The maximum Gasteiger partial charge on any atom is 0.416 e. The third-order valence-corrected chi connectivity index (χ3v) is 8.80. The molecule has 0 aliphatic carbocycles. The SMILES string of the molecule is CC[C@@H](C(=O)NCC(C)C)N(CCc1ccccc1)C(=O)CN(c1cc(C(F)(F)F)ccc1Cl)S(=O)(=O)c1ccccc1. The van der Waals surface area contributed by atoms with Crippen molar-refractivity contribution in [2.45, 2.75) is 50.7 Å². The van der Waals surface area contributed by atoms with Crippen molar-refractivity contribution < 1.29 is 31.2 Å². The average Bonchev–Trinajstić information content (AvgIpc) is 2.97. The number of nitrogens with one attached hydrogen (secondary N) is 1. The van der Waals surface area contributed by atoms with Crippen LogP contribution in [0.2, 0.25) is 5.02 Å². The Labute approximate surface area is 255 Å². The van der Waals surface area contributed by atoms with E-state index in [-0.39, 0.29) is 28.8 Å². The van der Waals surface area contributed by atoms with Crippen LogP contribution in [0.15, 0.2) is 83.8 Å². The number of hydrogen-bond donors (Lipinski definition) is 1. The summed E-state index contributed by atoms with van der Waals surface area (Å²) in [5, 5.41) is 2.54. The lowest BCUT2D eigenvalue weighted by Crippen LogP contribution is -2.53. The van der Waals surface area contributed by atoms with Gasteiger partial charge in [0.25, 0.3) is 10.0 Å². The van der Waals surface area contributed by atoms with Crippen molar-refractivity contribution >= 4 is 39.1 Å². The zero-order chi connectivity index (χ0) is 31.8. The molecule has 0 spiro atoms. The number of halogens is 4. The third kappa shape index (κ3) is 8.96.